The molecule has 0 bridgehead atoms. The first-order chi connectivity index (χ1) is 9.83. The molecule has 3 rings (SSSR count). The molecule has 1 aromatic heterocycles. The molecule has 2 N–H and O–H groups in total. The van der Waals surface area contributed by atoms with Crippen LogP contribution in [0.25, 0.3) is 5.69 Å². The minimum atomic E-state index is -0.152. The molecule has 2 aromatic rings. The number of hydrogen-bond donors (Lipinski definition) is 2. The van der Waals surface area contributed by atoms with Gasteiger partial charge in [0.15, 0.2) is 0 Å². The maximum atomic E-state index is 9.70. The van der Waals surface area contributed by atoms with Crippen LogP contribution in [0.3, 0.4) is 0 Å². The molecule has 1 aromatic carbocycles. The largest absolute Gasteiger partial charge is 0.393 e. The number of anilines is 1. The number of hydrogen-bond acceptors (Lipinski definition) is 5. The highest BCUT2D eigenvalue weighted by Gasteiger charge is 2.20. The van der Waals surface area contributed by atoms with Gasteiger partial charge in [-0.2, -0.15) is 4.68 Å². The fourth-order valence-corrected chi connectivity index (χ4v) is 2.72. The summed E-state index contributed by atoms with van der Waals surface area (Å²) in [5, 5.41) is 24.8. The molecule has 1 heterocycles. The van der Waals surface area contributed by atoms with Gasteiger partial charge in [0, 0.05) is 6.54 Å². The van der Waals surface area contributed by atoms with E-state index in [1.807, 2.05) is 30.3 Å². The molecule has 106 valence electrons. The van der Waals surface area contributed by atoms with E-state index < -0.39 is 0 Å². The second-order valence-corrected chi connectivity index (χ2v) is 5.32. The molecule has 2 atom stereocenters. The zero-order chi connectivity index (χ0) is 13.8. The molecule has 1 aliphatic carbocycles. The average Bonchev–Trinajstić information content (AvgIpc) is 2.95. The van der Waals surface area contributed by atoms with E-state index in [0.717, 1.165) is 37.9 Å². The van der Waals surface area contributed by atoms with E-state index in [-0.39, 0.29) is 6.10 Å². The van der Waals surface area contributed by atoms with Crippen LogP contribution in [0, 0.1) is 5.92 Å². The smallest absolute Gasteiger partial charge is 0.247 e. The molecule has 0 saturated heterocycles. The Balaban J connectivity index is 1.65. The molecule has 0 aliphatic heterocycles. The summed E-state index contributed by atoms with van der Waals surface area (Å²) in [4.78, 5) is 0. The van der Waals surface area contributed by atoms with E-state index in [9.17, 15) is 5.11 Å². The van der Waals surface area contributed by atoms with Crippen LogP contribution < -0.4 is 5.32 Å². The number of rotatable bonds is 4. The van der Waals surface area contributed by atoms with Crippen LogP contribution in [-0.4, -0.2) is 38.0 Å². The Kier molecular flexibility index (Phi) is 3.92. The lowest BCUT2D eigenvalue weighted by Gasteiger charge is -2.25. The van der Waals surface area contributed by atoms with E-state index in [4.69, 9.17) is 0 Å². The van der Waals surface area contributed by atoms with Crippen LogP contribution in [-0.2, 0) is 0 Å². The molecule has 6 nitrogen and oxygen atoms in total. The SMILES string of the molecule is OC1CCCC(CNc2nnnn2-c2ccccc2)C1. The highest BCUT2D eigenvalue weighted by molar-refractivity contribution is 5.38. The number of aromatic nitrogens is 4. The Morgan fingerprint density at radius 3 is 2.90 bits per heavy atom. The zero-order valence-corrected chi connectivity index (χ0v) is 11.3. The summed E-state index contributed by atoms with van der Waals surface area (Å²) in [6, 6.07) is 9.80. The van der Waals surface area contributed by atoms with Crippen molar-refractivity contribution in [1.82, 2.24) is 20.2 Å². The van der Waals surface area contributed by atoms with Crippen molar-refractivity contribution in [3.63, 3.8) is 0 Å². The zero-order valence-electron chi connectivity index (χ0n) is 11.3. The van der Waals surface area contributed by atoms with Gasteiger partial charge in [-0.25, -0.2) is 0 Å². The van der Waals surface area contributed by atoms with Gasteiger partial charge in [-0.05, 0) is 47.7 Å². The Morgan fingerprint density at radius 2 is 2.10 bits per heavy atom. The lowest BCUT2D eigenvalue weighted by molar-refractivity contribution is 0.104. The normalized spacial score (nSPS) is 22.6. The molecular formula is C14H19N5O. The Bertz CT molecular complexity index is 542. The van der Waals surface area contributed by atoms with Gasteiger partial charge in [0.25, 0.3) is 0 Å². The number of aliphatic hydroxyl groups excluding tert-OH is 1. The maximum Gasteiger partial charge on any atom is 0.247 e. The summed E-state index contributed by atoms with van der Waals surface area (Å²) in [6.45, 7) is 0.796. The van der Waals surface area contributed by atoms with Crippen molar-refractivity contribution in [2.45, 2.75) is 31.8 Å². The number of nitrogens with one attached hydrogen (secondary N) is 1. The van der Waals surface area contributed by atoms with Crippen LogP contribution in [0.4, 0.5) is 5.95 Å². The Labute approximate surface area is 117 Å². The third-order valence-electron chi connectivity index (χ3n) is 3.77. The number of benzene rings is 1. The van der Waals surface area contributed by atoms with Gasteiger partial charge >= 0.3 is 0 Å². The summed E-state index contributed by atoms with van der Waals surface area (Å²) in [5.74, 6) is 1.14. The van der Waals surface area contributed by atoms with Crippen molar-refractivity contribution >= 4 is 5.95 Å². The number of tetrazole rings is 1. The summed E-state index contributed by atoms with van der Waals surface area (Å²) in [5.41, 5.74) is 0.934. The molecule has 0 spiro atoms. The lowest BCUT2D eigenvalue weighted by Crippen LogP contribution is -2.25. The second kappa shape index (κ2) is 6.00. The highest BCUT2D eigenvalue weighted by Crippen LogP contribution is 2.24. The lowest BCUT2D eigenvalue weighted by atomic mass is 9.87. The summed E-state index contributed by atoms with van der Waals surface area (Å²) in [7, 11) is 0. The predicted molar refractivity (Wildman–Crippen MR) is 75.6 cm³/mol. The van der Waals surface area contributed by atoms with Crippen LogP contribution in [0.1, 0.15) is 25.7 Å². The van der Waals surface area contributed by atoms with Gasteiger partial charge in [-0.15, -0.1) is 0 Å². The van der Waals surface area contributed by atoms with Gasteiger partial charge < -0.3 is 10.4 Å². The van der Waals surface area contributed by atoms with Gasteiger partial charge in [0.1, 0.15) is 0 Å². The Hall–Kier alpha value is -1.95. The number of para-hydroxylation sites is 1. The van der Waals surface area contributed by atoms with Crippen molar-refractivity contribution in [2.24, 2.45) is 5.92 Å². The number of nitrogens with zero attached hydrogens (tertiary/aromatic N) is 4. The van der Waals surface area contributed by atoms with E-state index >= 15 is 0 Å². The first-order valence-electron chi connectivity index (χ1n) is 7.08. The maximum absolute atomic E-state index is 9.70. The van der Waals surface area contributed by atoms with Gasteiger partial charge in [-0.3, -0.25) is 0 Å². The third-order valence-corrected chi connectivity index (χ3v) is 3.77. The third kappa shape index (κ3) is 2.96. The molecule has 20 heavy (non-hydrogen) atoms. The highest BCUT2D eigenvalue weighted by atomic mass is 16.3. The fraction of sp³-hybridized carbons (Fsp3) is 0.500. The van der Waals surface area contributed by atoms with Gasteiger partial charge in [0.2, 0.25) is 5.95 Å². The topological polar surface area (TPSA) is 75.9 Å². The van der Waals surface area contributed by atoms with Gasteiger partial charge in [-0.1, -0.05) is 29.7 Å². The molecule has 6 heteroatoms. The monoisotopic (exact) mass is 273 g/mol. The van der Waals surface area contributed by atoms with Crippen LogP contribution in [0.15, 0.2) is 30.3 Å². The van der Waals surface area contributed by atoms with Crippen LogP contribution in [0.5, 0.6) is 0 Å². The summed E-state index contributed by atoms with van der Waals surface area (Å²) < 4.78 is 1.69. The summed E-state index contributed by atoms with van der Waals surface area (Å²) >= 11 is 0. The average molecular weight is 273 g/mol. The predicted octanol–water partition coefficient (Wildman–Crippen LogP) is 1.63. The molecule has 1 saturated carbocycles. The molecule has 1 aliphatic rings. The van der Waals surface area contributed by atoms with E-state index in [2.05, 4.69) is 20.8 Å². The summed E-state index contributed by atoms with van der Waals surface area (Å²) in [6.07, 6.45) is 3.88. The van der Waals surface area contributed by atoms with Crippen LogP contribution in [0.2, 0.25) is 0 Å². The standard InChI is InChI=1S/C14H19N5O/c20-13-8-4-5-11(9-13)10-15-14-16-17-18-19(14)12-6-2-1-3-7-12/h1-3,6-7,11,13,20H,4-5,8-10H2,(H,15,16,18). The quantitative estimate of drug-likeness (QED) is 0.885. The fourth-order valence-electron chi connectivity index (χ4n) is 2.72. The molecule has 0 radical (unpaired) electrons. The van der Waals surface area contributed by atoms with Crippen molar-refractivity contribution in [1.29, 1.82) is 0 Å². The van der Waals surface area contributed by atoms with E-state index in [0.29, 0.717) is 11.9 Å². The van der Waals surface area contributed by atoms with Crippen LogP contribution >= 0.6 is 0 Å². The van der Waals surface area contributed by atoms with Crippen molar-refractivity contribution < 1.29 is 5.11 Å². The second-order valence-electron chi connectivity index (χ2n) is 5.32. The number of aliphatic hydroxyl groups is 1. The molecule has 0 amide bonds. The first kappa shape index (κ1) is 13.1. The van der Waals surface area contributed by atoms with Crippen molar-refractivity contribution in [3.8, 4) is 5.69 Å². The van der Waals surface area contributed by atoms with E-state index in [1.165, 1.54) is 0 Å². The minimum Gasteiger partial charge on any atom is -0.393 e. The minimum absolute atomic E-state index is 0.152. The van der Waals surface area contributed by atoms with Gasteiger partial charge in [0.05, 0.1) is 11.8 Å². The van der Waals surface area contributed by atoms with Crippen molar-refractivity contribution in [3.05, 3.63) is 30.3 Å². The molecule has 2 unspecified atom stereocenters. The molecule has 1 fully saturated rings. The van der Waals surface area contributed by atoms with Crippen molar-refractivity contribution in [2.75, 3.05) is 11.9 Å². The van der Waals surface area contributed by atoms with E-state index in [1.54, 1.807) is 4.68 Å². The first-order valence-corrected chi connectivity index (χ1v) is 7.08. The molecular weight excluding hydrogens is 254 g/mol. The Morgan fingerprint density at radius 1 is 1.25 bits per heavy atom.